The molecule has 0 N–H and O–H groups in total. The van der Waals surface area contributed by atoms with Gasteiger partial charge in [-0.3, -0.25) is 4.40 Å². The lowest BCUT2D eigenvalue weighted by Gasteiger charge is -2.14. The number of imidazole rings is 1. The Morgan fingerprint density at radius 2 is 1.16 bits per heavy atom. The summed E-state index contributed by atoms with van der Waals surface area (Å²) in [6, 6.07) is 46.5. The third kappa shape index (κ3) is 2.60. The Balaban J connectivity index is 1.42. The summed E-state index contributed by atoms with van der Waals surface area (Å²) in [6.45, 7) is 0. The van der Waals surface area contributed by atoms with Crippen LogP contribution in [0.3, 0.4) is 0 Å². The summed E-state index contributed by atoms with van der Waals surface area (Å²) in [7, 11) is 0. The second-order valence-corrected chi connectivity index (χ2v) is 12.6. The number of thiophene rings is 1. The van der Waals surface area contributed by atoms with E-state index >= 15 is 0 Å². The van der Waals surface area contributed by atoms with Crippen LogP contribution in [0.1, 0.15) is 0 Å². The highest BCUT2D eigenvalue weighted by Crippen LogP contribution is 2.50. The van der Waals surface area contributed by atoms with Gasteiger partial charge in [0.05, 0.1) is 43.4 Å². The van der Waals surface area contributed by atoms with Crippen molar-refractivity contribution in [2.45, 2.75) is 0 Å². The predicted molar refractivity (Wildman–Crippen MR) is 182 cm³/mol. The van der Waals surface area contributed by atoms with Gasteiger partial charge in [0.1, 0.15) is 5.65 Å². The fourth-order valence-electron chi connectivity index (χ4n) is 7.75. The molecule has 0 radical (unpaired) electrons. The second-order valence-electron chi connectivity index (χ2n) is 11.5. The van der Waals surface area contributed by atoms with Crippen molar-refractivity contribution in [2.24, 2.45) is 0 Å². The molecule has 4 heterocycles. The van der Waals surface area contributed by atoms with E-state index < -0.39 is 0 Å². The van der Waals surface area contributed by atoms with E-state index in [2.05, 4.69) is 136 Å². The summed E-state index contributed by atoms with van der Waals surface area (Å²) < 4.78 is 7.51. The van der Waals surface area contributed by atoms with Crippen LogP contribution in [0.4, 0.5) is 0 Å². The highest BCUT2D eigenvalue weighted by molar-refractivity contribution is 7.26. The molecule has 1 aliphatic carbocycles. The maximum atomic E-state index is 5.32. The quantitative estimate of drug-likeness (QED) is 0.195. The highest BCUT2D eigenvalue weighted by Gasteiger charge is 2.27. The van der Waals surface area contributed by atoms with Crippen molar-refractivity contribution in [3.63, 3.8) is 0 Å². The summed E-state index contributed by atoms with van der Waals surface area (Å²) in [6.07, 6.45) is 0. The van der Waals surface area contributed by atoms with Gasteiger partial charge in [-0.05, 0) is 58.0 Å². The molecule has 0 spiro atoms. The van der Waals surface area contributed by atoms with Crippen LogP contribution >= 0.6 is 11.3 Å². The van der Waals surface area contributed by atoms with Gasteiger partial charge in [-0.1, -0.05) is 97.1 Å². The number of rotatable bonds is 1. The van der Waals surface area contributed by atoms with Gasteiger partial charge in [-0.2, -0.15) is 0 Å². The van der Waals surface area contributed by atoms with Gasteiger partial charge in [0.25, 0.3) is 0 Å². The molecular formula is C39H21N3S. The summed E-state index contributed by atoms with van der Waals surface area (Å²) in [5.74, 6) is 0. The molecule has 0 saturated carbocycles. The number of hydrogen-bond acceptors (Lipinski definition) is 2. The minimum absolute atomic E-state index is 1.01. The molecule has 6 aromatic carbocycles. The third-order valence-corrected chi connectivity index (χ3v) is 10.6. The Morgan fingerprint density at radius 3 is 2.05 bits per heavy atom. The Labute approximate surface area is 249 Å². The molecule has 0 atom stereocenters. The van der Waals surface area contributed by atoms with Gasteiger partial charge in [-0.15, -0.1) is 11.3 Å². The largest absolute Gasteiger partial charge is 0.307 e. The van der Waals surface area contributed by atoms with E-state index in [0.717, 1.165) is 16.7 Å². The summed E-state index contributed by atoms with van der Waals surface area (Å²) in [5.41, 5.74) is 13.3. The summed E-state index contributed by atoms with van der Waals surface area (Å²) in [4.78, 5) is 5.32. The zero-order valence-electron chi connectivity index (χ0n) is 22.9. The van der Waals surface area contributed by atoms with Crippen molar-refractivity contribution in [3.8, 4) is 27.9 Å². The van der Waals surface area contributed by atoms with Gasteiger partial charge >= 0.3 is 0 Å². The van der Waals surface area contributed by atoms with E-state index in [1.165, 1.54) is 80.8 Å². The number of fused-ring (bicyclic) bond motifs is 15. The van der Waals surface area contributed by atoms with E-state index in [1.54, 1.807) is 0 Å². The van der Waals surface area contributed by atoms with Crippen molar-refractivity contribution >= 4 is 80.9 Å². The predicted octanol–water partition coefficient (Wildman–Crippen LogP) is 10.8. The Kier molecular flexibility index (Phi) is 3.96. The number of hydrogen-bond donors (Lipinski definition) is 0. The van der Waals surface area contributed by atoms with Crippen molar-refractivity contribution in [1.82, 2.24) is 14.0 Å². The number of pyridine rings is 1. The van der Waals surface area contributed by atoms with Crippen LogP contribution in [0.2, 0.25) is 0 Å². The van der Waals surface area contributed by atoms with E-state index in [0.29, 0.717) is 0 Å². The van der Waals surface area contributed by atoms with E-state index in [-0.39, 0.29) is 0 Å². The SMILES string of the molecule is c1ccc2c(c1)-c1cccc3c(-n4c5ccccc5c5c4c4sc6ccccc6c4n4c6ccccc6nc54)ccc-2c13. The maximum Gasteiger partial charge on any atom is 0.148 e. The zero-order valence-corrected chi connectivity index (χ0v) is 23.7. The molecule has 3 nitrogen and oxygen atoms in total. The van der Waals surface area contributed by atoms with Gasteiger partial charge < -0.3 is 4.57 Å². The van der Waals surface area contributed by atoms with Crippen LogP contribution in [0.5, 0.6) is 0 Å². The van der Waals surface area contributed by atoms with Crippen molar-refractivity contribution in [1.29, 1.82) is 0 Å². The minimum atomic E-state index is 1.01. The minimum Gasteiger partial charge on any atom is -0.307 e. The summed E-state index contributed by atoms with van der Waals surface area (Å²) in [5, 5.41) is 6.31. The average Bonchev–Trinajstić information content (AvgIpc) is 3.80. The van der Waals surface area contributed by atoms with Gasteiger partial charge in [0.2, 0.25) is 0 Å². The van der Waals surface area contributed by atoms with Crippen LogP contribution in [-0.2, 0) is 0 Å². The number of benzene rings is 6. The smallest absolute Gasteiger partial charge is 0.148 e. The monoisotopic (exact) mass is 563 g/mol. The normalized spacial score (nSPS) is 12.7. The molecule has 0 aliphatic heterocycles. The molecule has 0 bridgehead atoms. The molecule has 1 aliphatic rings. The first-order chi connectivity index (χ1) is 21.4. The maximum absolute atomic E-state index is 5.32. The van der Waals surface area contributed by atoms with Crippen molar-refractivity contribution < 1.29 is 0 Å². The molecule has 4 aromatic heterocycles. The molecule has 11 rings (SSSR count). The standard InChI is InChI=1S/C39H21N3S/c1-2-11-23-22(10-1)24-14-9-15-26-31(21-20-25(23)34(24)26)41-30-17-6-3-12-27(30)35-37(41)38-36(28-13-4-8-19-33(28)43-38)42-32-18-7-5-16-29(32)40-39(35)42/h1-21H. The molecule has 4 heteroatoms. The first-order valence-electron chi connectivity index (χ1n) is 14.7. The number of para-hydroxylation sites is 3. The van der Waals surface area contributed by atoms with Gasteiger partial charge in [0.15, 0.2) is 0 Å². The molecule has 0 unspecified atom stereocenters. The van der Waals surface area contributed by atoms with Gasteiger partial charge in [0, 0.05) is 20.9 Å². The zero-order chi connectivity index (χ0) is 27.8. The Bertz CT molecular complexity index is 2820. The molecular weight excluding hydrogens is 543 g/mol. The molecule has 43 heavy (non-hydrogen) atoms. The van der Waals surface area contributed by atoms with Crippen LogP contribution in [0.15, 0.2) is 127 Å². The lowest BCUT2D eigenvalue weighted by Crippen LogP contribution is -1.97. The van der Waals surface area contributed by atoms with Crippen molar-refractivity contribution in [2.75, 3.05) is 0 Å². The lowest BCUT2D eigenvalue weighted by molar-refractivity contribution is 1.20. The Hall–Kier alpha value is -5.45. The van der Waals surface area contributed by atoms with Crippen LogP contribution in [0, 0.1) is 0 Å². The highest BCUT2D eigenvalue weighted by atomic mass is 32.1. The van der Waals surface area contributed by atoms with Crippen LogP contribution < -0.4 is 0 Å². The van der Waals surface area contributed by atoms with Crippen LogP contribution in [-0.4, -0.2) is 14.0 Å². The van der Waals surface area contributed by atoms with Crippen molar-refractivity contribution in [3.05, 3.63) is 127 Å². The first-order valence-corrected chi connectivity index (χ1v) is 15.5. The molecule has 0 fully saturated rings. The Morgan fingerprint density at radius 1 is 0.488 bits per heavy atom. The fraction of sp³-hybridized carbons (Fsp3) is 0. The molecule has 10 aromatic rings. The third-order valence-electron chi connectivity index (χ3n) is 9.43. The average molecular weight is 564 g/mol. The number of aromatic nitrogens is 3. The van der Waals surface area contributed by atoms with E-state index in [9.17, 15) is 0 Å². The topological polar surface area (TPSA) is 22.2 Å². The lowest BCUT2D eigenvalue weighted by atomic mass is 10.0. The van der Waals surface area contributed by atoms with Crippen LogP contribution in [0.25, 0.3) is 97.5 Å². The summed E-state index contributed by atoms with van der Waals surface area (Å²) >= 11 is 1.89. The van der Waals surface area contributed by atoms with E-state index in [1.807, 2.05) is 11.3 Å². The van der Waals surface area contributed by atoms with E-state index in [4.69, 9.17) is 4.98 Å². The molecule has 0 amide bonds. The molecule has 198 valence electrons. The number of nitrogens with zero attached hydrogens (tertiary/aromatic N) is 3. The second kappa shape index (κ2) is 7.68. The van der Waals surface area contributed by atoms with Gasteiger partial charge in [-0.25, -0.2) is 4.98 Å². The molecule has 0 saturated heterocycles. The first kappa shape index (κ1) is 22.2. The fourth-order valence-corrected chi connectivity index (χ4v) is 8.98.